The van der Waals surface area contributed by atoms with Crippen LogP contribution in [0.15, 0.2) is 65.0 Å². The second-order valence-corrected chi connectivity index (χ2v) is 9.61. The lowest BCUT2D eigenvalue weighted by molar-refractivity contribution is 0.0768. The number of nitrogens with one attached hydrogen (secondary N) is 1. The number of para-hydroxylation sites is 1. The molecule has 0 aliphatic carbocycles. The molecule has 31 heavy (non-hydrogen) atoms. The van der Waals surface area contributed by atoms with Gasteiger partial charge in [-0.2, -0.15) is 0 Å². The largest absolute Gasteiger partial charge is 0.346 e. The van der Waals surface area contributed by atoms with Crippen molar-refractivity contribution < 1.29 is 17.6 Å². The number of anilines is 2. The summed E-state index contributed by atoms with van der Waals surface area (Å²) in [6, 6.07) is 11.0. The summed E-state index contributed by atoms with van der Waals surface area (Å²) < 4.78 is 41.1. The van der Waals surface area contributed by atoms with Gasteiger partial charge >= 0.3 is 0 Å². The Morgan fingerprint density at radius 3 is 2.55 bits per heavy atom. The molecule has 0 spiro atoms. The van der Waals surface area contributed by atoms with Crippen LogP contribution in [0.25, 0.3) is 0 Å². The van der Waals surface area contributed by atoms with Gasteiger partial charge in [0.2, 0.25) is 0 Å². The third-order valence-corrected chi connectivity index (χ3v) is 7.21. The number of carbonyl (C=O) groups excluding carboxylic acids is 1. The quantitative estimate of drug-likeness (QED) is 0.631. The zero-order valence-corrected chi connectivity index (χ0v) is 18.2. The van der Waals surface area contributed by atoms with E-state index in [9.17, 15) is 17.6 Å². The van der Waals surface area contributed by atoms with Gasteiger partial charge < -0.3 is 9.80 Å². The molecule has 2 heterocycles. The predicted molar refractivity (Wildman–Crippen MR) is 118 cm³/mol. The van der Waals surface area contributed by atoms with Crippen molar-refractivity contribution in [2.75, 3.05) is 35.8 Å². The van der Waals surface area contributed by atoms with Gasteiger partial charge in [-0.15, -0.1) is 11.3 Å². The van der Waals surface area contributed by atoms with E-state index in [0.717, 1.165) is 30.2 Å². The molecule has 10 heteroatoms. The lowest BCUT2D eigenvalue weighted by Gasteiger charge is -2.23. The highest BCUT2D eigenvalue weighted by Crippen LogP contribution is 2.24. The van der Waals surface area contributed by atoms with Gasteiger partial charge in [0.1, 0.15) is 5.82 Å². The lowest BCUT2D eigenvalue weighted by atomic mass is 10.1. The average Bonchev–Trinajstić information content (AvgIpc) is 3.18. The van der Waals surface area contributed by atoms with Crippen molar-refractivity contribution in [3.05, 3.63) is 71.5 Å². The van der Waals surface area contributed by atoms with Crippen LogP contribution in [0, 0.1) is 5.82 Å². The first kappa shape index (κ1) is 21.3. The number of hydrogen-bond acceptors (Lipinski definition) is 6. The number of halogens is 1. The number of benzene rings is 2. The van der Waals surface area contributed by atoms with Crippen molar-refractivity contribution in [1.82, 2.24) is 9.88 Å². The third kappa shape index (κ3) is 4.86. The second-order valence-electron chi connectivity index (χ2n) is 7.05. The summed E-state index contributed by atoms with van der Waals surface area (Å²) in [6.45, 7) is 2.54. The first-order valence-electron chi connectivity index (χ1n) is 9.75. The molecule has 1 fully saturated rings. The van der Waals surface area contributed by atoms with Crippen LogP contribution in [-0.4, -0.2) is 50.4 Å². The summed E-state index contributed by atoms with van der Waals surface area (Å²) in [5.41, 5.74) is 0.466. The summed E-state index contributed by atoms with van der Waals surface area (Å²) in [5.74, 6) is -0.763. The third-order valence-electron chi connectivity index (χ3n) is 5.00. The first-order valence-corrected chi connectivity index (χ1v) is 12.1. The molecule has 162 valence electrons. The number of thiazole rings is 1. The minimum atomic E-state index is -3.96. The molecule has 1 aliphatic heterocycles. The smallest absolute Gasteiger partial charge is 0.261 e. The van der Waals surface area contributed by atoms with Crippen LogP contribution in [0.5, 0.6) is 0 Å². The van der Waals surface area contributed by atoms with Crippen molar-refractivity contribution >= 4 is 38.1 Å². The monoisotopic (exact) mass is 460 g/mol. The van der Waals surface area contributed by atoms with E-state index in [1.54, 1.807) is 46.7 Å². The molecule has 1 aliphatic rings. The van der Waals surface area contributed by atoms with E-state index in [2.05, 4.69) is 14.6 Å². The molecule has 0 bridgehead atoms. The molecule has 3 aromatic rings. The van der Waals surface area contributed by atoms with Crippen molar-refractivity contribution in [2.45, 2.75) is 11.3 Å². The second kappa shape index (κ2) is 9.03. The molecule has 0 radical (unpaired) electrons. The molecular weight excluding hydrogens is 439 g/mol. The fourth-order valence-corrected chi connectivity index (χ4v) is 5.21. The van der Waals surface area contributed by atoms with E-state index in [1.165, 1.54) is 12.1 Å². The van der Waals surface area contributed by atoms with Crippen LogP contribution in [0.2, 0.25) is 0 Å². The zero-order valence-electron chi connectivity index (χ0n) is 16.6. The van der Waals surface area contributed by atoms with Crippen LogP contribution in [0.1, 0.15) is 16.8 Å². The molecule has 0 unspecified atom stereocenters. The molecule has 0 atom stereocenters. The minimum absolute atomic E-state index is 0.0787. The molecule has 0 saturated carbocycles. The van der Waals surface area contributed by atoms with E-state index in [1.807, 2.05) is 5.38 Å². The molecular formula is C21H21FN4O3S2. The number of rotatable bonds is 5. The average molecular weight is 461 g/mol. The Hall–Kier alpha value is -2.98. The summed E-state index contributed by atoms with van der Waals surface area (Å²) in [4.78, 5) is 21.4. The Bertz CT molecular complexity index is 1150. The van der Waals surface area contributed by atoms with Crippen LogP contribution < -0.4 is 9.62 Å². The highest BCUT2D eigenvalue weighted by atomic mass is 32.2. The van der Waals surface area contributed by atoms with Gasteiger partial charge in [0.05, 0.1) is 16.1 Å². The molecule has 1 amide bonds. The van der Waals surface area contributed by atoms with Crippen LogP contribution in [0.3, 0.4) is 0 Å². The van der Waals surface area contributed by atoms with Crippen LogP contribution in [0.4, 0.5) is 15.2 Å². The minimum Gasteiger partial charge on any atom is -0.346 e. The van der Waals surface area contributed by atoms with E-state index in [0.29, 0.717) is 19.6 Å². The van der Waals surface area contributed by atoms with Gasteiger partial charge in [-0.05, 0) is 42.8 Å². The highest BCUT2D eigenvalue weighted by Gasteiger charge is 2.24. The fraction of sp³-hybridized carbons (Fsp3) is 0.238. The van der Waals surface area contributed by atoms with Crippen LogP contribution >= 0.6 is 11.3 Å². The maximum absolute atomic E-state index is 13.2. The van der Waals surface area contributed by atoms with Gasteiger partial charge in [0, 0.05) is 37.8 Å². The summed E-state index contributed by atoms with van der Waals surface area (Å²) in [5, 5.41) is 2.86. The fourth-order valence-electron chi connectivity index (χ4n) is 3.43. The number of sulfonamides is 1. The number of carbonyl (C=O) groups is 1. The van der Waals surface area contributed by atoms with Gasteiger partial charge in [-0.25, -0.2) is 17.8 Å². The Morgan fingerprint density at radius 2 is 1.81 bits per heavy atom. The maximum Gasteiger partial charge on any atom is 0.261 e. The first-order chi connectivity index (χ1) is 14.9. The highest BCUT2D eigenvalue weighted by molar-refractivity contribution is 7.92. The summed E-state index contributed by atoms with van der Waals surface area (Å²) in [7, 11) is -3.96. The molecule has 4 rings (SSSR count). The zero-order chi connectivity index (χ0) is 21.8. The normalized spacial score (nSPS) is 14.9. The molecule has 1 aromatic heterocycles. The maximum atomic E-state index is 13.2. The Balaban J connectivity index is 1.52. The SMILES string of the molecule is O=C(c1ccccc1NS(=O)(=O)c1ccc(F)cc1)N1CCCN(c2nccs2)CC1. The molecule has 1 N–H and O–H groups in total. The number of amides is 1. The number of hydrogen-bond donors (Lipinski definition) is 1. The summed E-state index contributed by atoms with van der Waals surface area (Å²) >= 11 is 1.56. The van der Waals surface area contributed by atoms with Crippen LogP contribution in [-0.2, 0) is 10.0 Å². The topological polar surface area (TPSA) is 82.6 Å². The predicted octanol–water partition coefficient (Wildman–Crippen LogP) is 3.44. The molecule has 1 saturated heterocycles. The van der Waals surface area contributed by atoms with E-state index in [4.69, 9.17) is 0 Å². The Kier molecular flexibility index (Phi) is 6.19. The Morgan fingerprint density at radius 1 is 1.03 bits per heavy atom. The van der Waals surface area contributed by atoms with Gasteiger partial charge in [-0.1, -0.05) is 12.1 Å². The van der Waals surface area contributed by atoms with Crippen molar-refractivity contribution in [1.29, 1.82) is 0 Å². The standard InChI is InChI=1S/C21H21FN4O3S2/c22-16-6-8-17(9-7-16)31(28,29)24-19-5-2-1-4-18(19)20(27)25-11-3-12-26(14-13-25)21-23-10-15-30-21/h1-2,4-10,15,24H,3,11-14H2. The van der Waals surface area contributed by atoms with Crippen molar-refractivity contribution in [3.8, 4) is 0 Å². The van der Waals surface area contributed by atoms with Crippen molar-refractivity contribution in [2.24, 2.45) is 0 Å². The van der Waals surface area contributed by atoms with E-state index in [-0.39, 0.29) is 22.1 Å². The van der Waals surface area contributed by atoms with Crippen molar-refractivity contribution in [3.63, 3.8) is 0 Å². The number of aromatic nitrogens is 1. The van der Waals surface area contributed by atoms with E-state index >= 15 is 0 Å². The Labute approximate surface area is 184 Å². The number of nitrogens with zero attached hydrogens (tertiary/aromatic N) is 3. The van der Waals surface area contributed by atoms with E-state index < -0.39 is 15.8 Å². The molecule has 2 aromatic carbocycles. The lowest BCUT2D eigenvalue weighted by Crippen LogP contribution is -2.35. The molecule has 7 nitrogen and oxygen atoms in total. The van der Waals surface area contributed by atoms with Gasteiger partial charge in [-0.3, -0.25) is 9.52 Å². The summed E-state index contributed by atoms with van der Waals surface area (Å²) in [6.07, 6.45) is 2.55. The van der Waals surface area contributed by atoms with Gasteiger partial charge in [0.15, 0.2) is 5.13 Å². The van der Waals surface area contributed by atoms with Gasteiger partial charge in [0.25, 0.3) is 15.9 Å².